The summed E-state index contributed by atoms with van der Waals surface area (Å²) >= 11 is 0.870. The van der Waals surface area contributed by atoms with Gasteiger partial charge in [0.25, 0.3) is 0 Å². The van der Waals surface area contributed by atoms with Crippen molar-refractivity contribution in [3.05, 3.63) is 16.1 Å². The highest BCUT2D eigenvalue weighted by Crippen LogP contribution is 2.29. The maximum Gasteiger partial charge on any atom is 0.434 e. The van der Waals surface area contributed by atoms with Gasteiger partial charge in [-0.25, -0.2) is 4.98 Å². The predicted molar refractivity (Wildman–Crippen MR) is 60.1 cm³/mol. The van der Waals surface area contributed by atoms with Crippen LogP contribution in [0.15, 0.2) is 5.38 Å². The maximum atomic E-state index is 12.2. The zero-order chi connectivity index (χ0) is 12.2. The highest BCUT2D eigenvalue weighted by Gasteiger charge is 2.33. The molecule has 0 saturated carbocycles. The standard InChI is InChI=1S/C8H10F3N3OS.ClH/c1-12-2-6(15)13-3-7-14-5(4-16-7)8(9,10)11;/h4,12H,2-3H2,1H3,(H,13,15);1H. The van der Waals surface area contributed by atoms with E-state index < -0.39 is 11.9 Å². The van der Waals surface area contributed by atoms with Crippen LogP contribution in [0, 0.1) is 0 Å². The molecule has 1 heterocycles. The molecule has 0 unspecified atom stereocenters. The minimum absolute atomic E-state index is 0. The average molecular weight is 290 g/mol. The Balaban J connectivity index is 0.00000256. The van der Waals surface area contributed by atoms with E-state index in [-0.39, 0.29) is 36.4 Å². The summed E-state index contributed by atoms with van der Waals surface area (Å²) in [7, 11) is 1.60. The first-order valence-electron chi connectivity index (χ1n) is 4.36. The molecule has 0 bridgehead atoms. The minimum atomic E-state index is -4.43. The van der Waals surface area contributed by atoms with Crippen molar-refractivity contribution < 1.29 is 18.0 Å². The van der Waals surface area contributed by atoms with Gasteiger partial charge >= 0.3 is 6.18 Å². The number of likely N-dealkylation sites (N-methyl/N-ethyl adjacent to an activating group) is 1. The van der Waals surface area contributed by atoms with Crippen molar-refractivity contribution in [2.45, 2.75) is 12.7 Å². The zero-order valence-electron chi connectivity index (χ0n) is 8.80. The Labute approximate surface area is 106 Å². The molecule has 0 spiro atoms. The highest BCUT2D eigenvalue weighted by molar-refractivity contribution is 7.09. The number of amides is 1. The zero-order valence-corrected chi connectivity index (χ0v) is 10.4. The second-order valence-electron chi connectivity index (χ2n) is 2.93. The van der Waals surface area contributed by atoms with Crippen molar-refractivity contribution in [1.29, 1.82) is 0 Å². The van der Waals surface area contributed by atoms with Gasteiger partial charge in [-0.05, 0) is 7.05 Å². The highest BCUT2D eigenvalue weighted by atomic mass is 35.5. The van der Waals surface area contributed by atoms with Gasteiger partial charge in [-0.3, -0.25) is 4.79 Å². The first kappa shape index (κ1) is 16.1. The van der Waals surface area contributed by atoms with E-state index in [1.165, 1.54) is 0 Å². The SMILES string of the molecule is CNCC(=O)NCc1nc(C(F)(F)F)cs1.Cl. The van der Waals surface area contributed by atoms with Gasteiger partial charge in [-0.1, -0.05) is 0 Å². The van der Waals surface area contributed by atoms with E-state index in [0.29, 0.717) is 0 Å². The first-order chi connectivity index (χ1) is 7.43. The molecule has 0 aliphatic rings. The molecule has 1 aromatic heterocycles. The molecule has 1 aromatic rings. The molecule has 0 saturated heterocycles. The average Bonchev–Trinajstić information content (AvgIpc) is 2.63. The summed E-state index contributed by atoms with van der Waals surface area (Å²) in [6.45, 7) is 0.138. The van der Waals surface area contributed by atoms with E-state index in [4.69, 9.17) is 0 Å². The summed E-state index contributed by atoms with van der Waals surface area (Å²) in [6, 6.07) is 0. The Bertz CT molecular complexity index is 369. The van der Waals surface area contributed by atoms with Gasteiger partial charge in [0.15, 0.2) is 5.69 Å². The third kappa shape index (κ3) is 5.33. The van der Waals surface area contributed by atoms with Crippen LogP contribution in [-0.4, -0.2) is 24.5 Å². The van der Waals surface area contributed by atoms with E-state index in [0.717, 1.165) is 16.7 Å². The molecule has 0 fully saturated rings. The van der Waals surface area contributed by atoms with Crippen LogP contribution >= 0.6 is 23.7 Å². The fourth-order valence-electron chi connectivity index (χ4n) is 0.920. The lowest BCUT2D eigenvalue weighted by molar-refractivity contribution is -0.140. The van der Waals surface area contributed by atoms with Crippen LogP contribution in [0.1, 0.15) is 10.7 Å². The number of hydrogen-bond acceptors (Lipinski definition) is 4. The molecule has 0 radical (unpaired) electrons. The Morgan fingerprint density at radius 1 is 1.53 bits per heavy atom. The molecule has 17 heavy (non-hydrogen) atoms. The number of alkyl halides is 3. The molecule has 1 rings (SSSR count). The van der Waals surface area contributed by atoms with Crippen LogP contribution in [0.3, 0.4) is 0 Å². The monoisotopic (exact) mass is 289 g/mol. The third-order valence-electron chi connectivity index (χ3n) is 1.62. The molecule has 9 heteroatoms. The molecule has 0 atom stereocenters. The smallest absolute Gasteiger partial charge is 0.348 e. The number of nitrogens with one attached hydrogen (secondary N) is 2. The van der Waals surface area contributed by atoms with E-state index >= 15 is 0 Å². The lowest BCUT2D eigenvalue weighted by atomic mass is 10.5. The molecular weight excluding hydrogens is 279 g/mol. The van der Waals surface area contributed by atoms with Gasteiger partial charge in [-0.15, -0.1) is 23.7 Å². The summed E-state index contributed by atoms with van der Waals surface area (Å²) in [6.07, 6.45) is -4.43. The maximum absolute atomic E-state index is 12.2. The number of hydrogen-bond donors (Lipinski definition) is 2. The van der Waals surface area contributed by atoms with Crippen LogP contribution < -0.4 is 10.6 Å². The van der Waals surface area contributed by atoms with Gasteiger partial charge in [0.1, 0.15) is 5.01 Å². The lowest BCUT2D eigenvalue weighted by Crippen LogP contribution is -2.31. The molecule has 0 aliphatic carbocycles. The second-order valence-corrected chi connectivity index (χ2v) is 3.87. The van der Waals surface area contributed by atoms with E-state index in [1.807, 2.05) is 0 Å². The van der Waals surface area contributed by atoms with Gasteiger partial charge < -0.3 is 10.6 Å². The van der Waals surface area contributed by atoms with Crippen LogP contribution in [-0.2, 0) is 17.5 Å². The fraction of sp³-hybridized carbons (Fsp3) is 0.500. The number of carbonyl (C=O) groups excluding carboxylic acids is 1. The number of aromatic nitrogens is 1. The minimum Gasteiger partial charge on any atom is -0.348 e. The molecule has 0 aromatic carbocycles. The van der Waals surface area contributed by atoms with Crippen molar-refractivity contribution in [1.82, 2.24) is 15.6 Å². The number of thiazole rings is 1. The summed E-state index contributed by atoms with van der Waals surface area (Å²) < 4.78 is 36.5. The van der Waals surface area contributed by atoms with Crippen LogP contribution in [0.25, 0.3) is 0 Å². The van der Waals surface area contributed by atoms with Crippen molar-refractivity contribution in [2.24, 2.45) is 0 Å². The Morgan fingerprint density at radius 3 is 2.65 bits per heavy atom. The normalized spacial score (nSPS) is 10.8. The molecule has 4 nitrogen and oxygen atoms in total. The topological polar surface area (TPSA) is 54.0 Å². The summed E-state index contributed by atoms with van der Waals surface area (Å²) in [5.74, 6) is -0.286. The van der Waals surface area contributed by atoms with Crippen molar-refractivity contribution in [2.75, 3.05) is 13.6 Å². The van der Waals surface area contributed by atoms with Gasteiger partial charge in [-0.2, -0.15) is 13.2 Å². The molecular formula is C8H11ClF3N3OS. The summed E-state index contributed by atoms with van der Waals surface area (Å²) in [5, 5.41) is 6.23. The van der Waals surface area contributed by atoms with Crippen molar-refractivity contribution in [3.63, 3.8) is 0 Å². The Morgan fingerprint density at radius 2 is 2.18 bits per heavy atom. The molecule has 2 N–H and O–H groups in total. The number of nitrogens with zero attached hydrogens (tertiary/aromatic N) is 1. The summed E-state index contributed by atoms with van der Waals surface area (Å²) in [4.78, 5) is 14.4. The van der Waals surface area contributed by atoms with Gasteiger partial charge in [0, 0.05) is 5.38 Å². The van der Waals surface area contributed by atoms with Crippen LogP contribution in [0.2, 0.25) is 0 Å². The largest absolute Gasteiger partial charge is 0.434 e. The first-order valence-corrected chi connectivity index (χ1v) is 5.24. The summed E-state index contributed by atoms with van der Waals surface area (Å²) in [5.41, 5.74) is -0.921. The van der Waals surface area contributed by atoms with E-state index in [9.17, 15) is 18.0 Å². The second kappa shape index (κ2) is 6.77. The Kier molecular flexibility index (Phi) is 6.43. The molecule has 1 amide bonds. The molecule has 98 valence electrons. The molecule has 0 aliphatic heterocycles. The predicted octanol–water partition coefficient (Wildman–Crippen LogP) is 1.42. The van der Waals surface area contributed by atoms with Crippen LogP contribution in [0.5, 0.6) is 0 Å². The van der Waals surface area contributed by atoms with E-state index in [2.05, 4.69) is 15.6 Å². The van der Waals surface area contributed by atoms with Crippen molar-refractivity contribution >= 4 is 29.7 Å². The number of carbonyl (C=O) groups is 1. The Hall–Kier alpha value is -0.860. The quantitative estimate of drug-likeness (QED) is 0.881. The van der Waals surface area contributed by atoms with E-state index in [1.54, 1.807) is 7.05 Å². The van der Waals surface area contributed by atoms with Gasteiger partial charge in [0.05, 0.1) is 13.1 Å². The van der Waals surface area contributed by atoms with Crippen LogP contribution in [0.4, 0.5) is 13.2 Å². The lowest BCUT2D eigenvalue weighted by Gasteiger charge is -2.02. The van der Waals surface area contributed by atoms with Gasteiger partial charge in [0.2, 0.25) is 5.91 Å². The fourth-order valence-corrected chi connectivity index (χ4v) is 1.66. The third-order valence-corrected chi connectivity index (χ3v) is 2.47. The number of halogens is 4. The van der Waals surface area contributed by atoms with Crippen molar-refractivity contribution in [3.8, 4) is 0 Å². The number of rotatable bonds is 4.